The van der Waals surface area contributed by atoms with E-state index >= 15 is 0 Å². The lowest BCUT2D eigenvalue weighted by atomic mass is 9.88. The van der Waals surface area contributed by atoms with Gasteiger partial charge in [-0.3, -0.25) is 30.6 Å². The Balaban J connectivity index is 1.40. The highest BCUT2D eigenvalue weighted by atomic mass is 32.1. The summed E-state index contributed by atoms with van der Waals surface area (Å²) in [5.41, 5.74) is 6.79. The van der Waals surface area contributed by atoms with Crippen molar-refractivity contribution in [3.05, 3.63) is 65.7 Å². The Labute approximate surface area is 210 Å². The molecule has 3 amide bonds. The molecular weight excluding hydrogens is 464 g/mol. The molecule has 1 aliphatic carbocycles. The zero-order valence-corrected chi connectivity index (χ0v) is 20.5. The van der Waals surface area contributed by atoms with Crippen molar-refractivity contribution >= 4 is 46.8 Å². The predicted molar refractivity (Wildman–Crippen MR) is 140 cm³/mol. The van der Waals surface area contributed by atoms with Crippen molar-refractivity contribution in [2.45, 2.75) is 39.0 Å². The smallest absolute Gasteiger partial charge is 0.269 e. The number of nitrogens with one attached hydrogen (secondary N) is 4. The highest BCUT2D eigenvalue weighted by Gasteiger charge is 2.21. The van der Waals surface area contributed by atoms with Crippen LogP contribution in [0.2, 0.25) is 0 Å². The minimum atomic E-state index is -0.441. The summed E-state index contributed by atoms with van der Waals surface area (Å²) >= 11 is 5.05. The van der Waals surface area contributed by atoms with E-state index in [0.29, 0.717) is 17.9 Å². The van der Waals surface area contributed by atoms with Gasteiger partial charge >= 0.3 is 0 Å². The monoisotopic (exact) mass is 494 g/mol. The van der Waals surface area contributed by atoms with Gasteiger partial charge in [-0.1, -0.05) is 31.4 Å². The van der Waals surface area contributed by atoms with Gasteiger partial charge in [0.15, 0.2) is 5.11 Å². The number of ether oxygens (including phenoxy) is 1. The van der Waals surface area contributed by atoms with Crippen molar-refractivity contribution in [1.82, 2.24) is 16.2 Å². The van der Waals surface area contributed by atoms with E-state index in [0.717, 1.165) is 37.0 Å². The van der Waals surface area contributed by atoms with E-state index in [1.807, 2.05) is 31.2 Å². The summed E-state index contributed by atoms with van der Waals surface area (Å²) in [5, 5.41) is 5.33. The van der Waals surface area contributed by atoms with E-state index in [9.17, 15) is 14.4 Å². The molecule has 9 heteroatoms. The molecule has 35 heavy (non-hydrogen) atoms. The van der Waals surface area contributed by atoms with Crippen LogP contribution in [0.5, 0.6) is 5.75 Å². The molecule has 0 radical (unpaired) electrons. The second kappa shape index (κ2) is 13.2. The summed E-state index contributed by atoms with van der Waals surface area (Å²) in [6, 6.07) is 13.9. The van der Waals surface area contributed by atoms with Crippen LogP contribution in [0.4, 0.5) is 5.69 Å². The van der Waals surface area contributed by atoms with E-state index in [4.69, 9.17) is 17.0 Å². The maximum Gasteiger partial charge on any atom is 0.269 e. The molecule has 0 spiro atoms. The first-order chi connectivity index (χ1) is 16.9. The Morgan fingerprint density at radius 2 is 1.66 bits per heavy atom. The van der Waals surface area contributed by atoms with Gasteiger partial charge in [0.1, 0.15) is 5.75 Å². The number of hydrogen-bond acceptors (Lipinski definition) is 5. The maximum atomic E-state index is 12.4. The van der Waals surface area contributed by atoms with Gasteiger partial charge in [0, 0.05) is 23.2 Å². The molecule has 8 nitrogen and oxygen atoms in total. The molecule has 2 aromatic carbocycles. The molecule has 0 saturated heterocycles. The van der Waals surface area contributed by atoms with Crippen molar-refractivity contribution in [2.75, 3.05) is 11.9 Å². The van der Waals surface area contributed by atoms with Gasteiger partial charge in [0.2, 0.25) is 11.8 Å². The summed E-state index contributed by atoms with van der Waals surface area (Å²) in [7, 11) is 0. The zero-order valence-electron chi connectivity index (χ0n) is 19.6. The molecule has 1 aliphatic rings. The Morgan fingerprint density at radius 3 is 2.31 bits per heavy atom. The number of benzene rings is 2. The molecule has 0 bridgehead atoms. The van der Waals surface area contributed by atoms with E-state index in [2.05, 4.69) is 21.5 Å². The van der Waals surface area contributed by atoms with Crippen LogP contribution in [-0.2, 0) is 9.59 Å². The topological polar surface area (TPSA) is 109 Å². The van der Waals surface area contributed by atoms with Crippen molar-refractivity contribution in [3.63, 3.8) is 0 Å². The number of hydrogen-bond donors (Lipinski definition) is 4. The van der Waals surface area contributed by atoms with E-state index < -0.39 is 11.8 Å². The van der Waals surface area contributed by atoms with Crippen LogP contribution in [0.25, 0.3) is 6.08 Å². The van der Waals surface area contributed by atoms with Gasteiger partial charge in [0.25, 0.3) is 5.91 Å². The van der Waals surface area contributed by atoms with Crippen LogP contribution in [0.1, 0.15) is 54.9 Å². The lowest BCUT2D eigenvalue weighted by Gasteiger charge is -2.20. The first kappa shape index (κ1) is 25.9. The first-order valence-corrected chi connectivity index (χ1v) is 12.1. The van der Waals surface area contributed by atoms with E-state index in [1.54, 1.807) is 30.3 Å². The zero-order chi connectivity index (χ0) is 25.0. The van der Waals surface area contributed by atoms with Gasteiger partial charge in [0.05, 0.1) is 6.61 Å². The third-order valence-electron chi connectivity index (χ3n) is 5.54. The van der Waals surface area contributed by atoms with Crippen molar-refractivity contribution in [1.29, 1.82) is 0 Å². The fourth-order valence-corrected chi connectivity index (χ4v) is 3.85. The lowest BCUT2D eigenvalue weighted by Crippen LogP contribution is -2.48. The highest BCUT2D eigenvalue weighted by molar-refractivity contribution is 7.80. The third-order valence-corrected chi connectivity index (χ3v) is 5.74. The molecule has 184 valence electrons. The second-order valence-corrected chi connectivity index (χ2v) is 8.54. The summed E-state index contributed by atoms with van der Waals surface area (Å²) in [6.07, 6.45) is 8.19. The fourth-order valence-electron chi connectivity index (χ4n) is 3.70. The van der Waals surface area contributed by atoms with Crippen LogP contribution in [-0.4, -0.2) is 29.4 Å². The molecule has 2 aromatic rings. The largest absolute Gasteiger partial charge is 0.494 e. The van der Waals surface area contributed by atoms with Gasteiger partial charge in [-0.15, -0.1) is 0 Å². The number of thiocarbonyl (C=S) groups is 1. The molecular formula is C26H30N4O4S. The Hall–Kier alpha value is -3.72. The van der Waals surface area contributed by atoms with Crippen LogP contribution >= 0.6 is 12.2 Å². The third kappa shape index (κ3) is 8.53. The summed E-state index contributed by atoms with van der Waals surface area (Å²) < 4.78 is 5.38. The van der Waals surface area contributed by atoms with Crippen LogP contribution < -0.4 is 26.2 Å². The molecule has 1 fully saturated rings. The molecule has 3 rings (SSSR count). The standard InChI is InChI=1S/C26H30N4O4S/c1-2-34-22-15-8-18(9-16-22)10-17-23(31)28-26(35)30-29-25(33)20-11-13-21(14-12-20)27-24(32)19-6-4-3-5-7-19/h8-17,19H,2-7H2,1H3,(H,27,32)(H,29,33)(H2,28,30,31,35)/b17-10+. The van der Waals surface area contributed by atoms with Crippen LogP contribution in [0.3, 0.4) is 0 Å². The minimum Gasteiger partial charge on any atom is -0.494 e. The number of carbonyl (C=O) groups excluding carboxylic acids is 3. The fraction of sp³-hybridized carbons (Fsp3) is 0.308. The quantitative estimate of drug-likeness (QED) is 0.264. The van der Waals surface area contributed by atoms with Gasteiger partial charge in [-0.25, -0.2) is 0 Å². The SMILES string of the molecule is CCOc1ccc(/C=C/C(=O)NC(=S)NNC(=O)c2ccc(NC(=O)C3CCCCC3)cc2)cc1. The van der Waals surface area contributed by atoms with Crippen LogP contribution in [0.15, 0.2) is 54.6 Å². The minimum absolute atomic E-state index is 0.0289. The van der Waals surface area contributed by atoms with Crippen LogP contribution in [0, 0.1) is 5.92 Å². The maximum absolute atomic E-state index is 12.4. The molecule has 4 N–H and O–H groups in total. The normalized spacial score (nSPS) is 13.6. The molecule has 0 aliphatic heterocycles. The van der Waals surface area contributed by atoms with Crippen molar-refractivity contribution in [3.8, 4) is 5.75 Å². The number of anilines is 1. The number of amides is 3. The van der Waals surface area contributed by atoms with E-state index in [1.165, 1.54) is 12.5 Å². The number of rotatable bonds is 7. The van der Waals surface area contributed by atoms with Gasteiger partial charge in [-0.2, -0.15) is 0 Å². The van der Waals surface area contributed by atoms with Crippen molar-refractivity contribution in [2.24, 2.45) is 5.92 Å². The highest BCUT2D eigenvalue weighted by Crippen LogP contribution is 2.25. The summed E-state index contributed by atoms with van der Waals surface area (Å²) in [6.45, 7) is 2.50. The van der Waals surface area contributed by atoms with E-state index in [-0.39, 0.29) is 16.9 Å². The van der Waals surface area contributed by atoms with Gasteiger partial charge in [-0.05, 0) is 80.0 Å². The lowest BCUT2D eigenvalue weighted by molar-refractivity contribution is -0.120. The summed E-state index contributed by atoms with van der Waals surface area (Å²) in [5.74, 6) is -0.0291. The first-order valence-electron chi connectivity index (χ1n) is 11.7. The molecule has 0 heterocycles. The molecule has 1 saturated carbocycles. The Kier molecular flexibility index (Phi) is 9.80. The Bertz CT molecular complexity index is 1060. The number of carbonyl (C=O) groups is 3. The molecule has 0 unspecified atom stereocenters. The molecule has 0 atom stereocenters. The summed E-state index contributed by atoms with van der Waals surface area (Å²) in [4.78, 5) is 36.8. The number of hydrazine groups is 1. The van der Waals surface area contributed by atoms with Gasteiger partial charge < -0.3 is 10.1 Å². The average Bonchev–Trinajstić information content (AvgIpc) is 2.88. The molecule has 0 aromatic heterocycles. The second-order valence-electron chi connectivity index (χ2n) is 8.13. The van der Waals surface area contributed by atoms with Crippen molar-refractivity contribution < 1.29 is 19.1 Å². The Morgan fingerprint density at radius 1 is 0.971 bits per heavy atom. The predicted octanol–water partition coefficient (Wildman–Crippen LogP) is 3.95. The average molecular weight is 495 g/mol.